The van der Waals surface area contributed by atoms with Gasteiger partial charge in [-0.25, -0.2) is 4.39 Å². The van der Waals surface area contributed by atoms with Gasteiger partial charge in [-0.05, 0) is 67.1 Å². The smallest absolute Gasteiger partial charge is 0.126 e. The molecule has 170 valence electrons. The topological polar surface area (TPSA) is 0 Å². The summed E-state index contributed by atoms with van der Waals surface area (Å²) in [4.78, 5) is 0. The van der Waals surface area contributed by atoms with Crippen molar-refractivity contribution in [2.75, 3.05) is 0 Å². The fourth-order valence-electron chi connectivity index (χ4n) is 6.24. The maximum absolute atomic E-state index is 14.3. The minimum Gasteiger partial charge on any atom is -0.207 e. The van der Waals surface area contributed by atoms with Crippen molar-refractivity contribution in [1.82, 2.24) is 0 Å². The second-order valence-corrected chi connectivity index (χ2v) is 14.1. The van der Waals surface area contributed by atoms with Crippen LogP contribution in [0.1, 0.15) is 114 Å². The standard InChI is InChI=1S/C28H47FSi/c1-3-5-19-30-20-17-24(18-21-30)10-7-6-9-23-11-13-25(14-12-23)27-16-15-26(8-4-2)28(29)22-27/h15-16,22-25,30H,3-14,17-21H2,1-2H3/t23-,24-,25-,30-. The van der Waals surface area contributed by atoms with Gasteiger partial charge < -0.3 is 0 Å². The highest BCUT2D eigenvalue weighted by atomic mass is 28.3. The molecule has 0 aromatic heterocycles. The van der Waals surface area contributed by atoms with E-state index >= 15 is 0 Å². The van der Waals surface area contributed by atoms with E-state index in [9.17, 15) is 4.39 Å². The van der Waals surface area contributed by atoms with E-state index < -0.39 is 0 Å². The molecule has 0 bridgehead atoms. The summed E-state index contributed by atoms with van der Waals surface area (Å²) in [6.45, 7) is 4.46. The van der Waals surface area contributed by atoms with Crippen molar-refractivity contribution in [3.63, 3.8) is 0 Å². The van der Waals surface area contributed by atoms with E-state index in [0.29, 0.717) is 5.92 Å². The Labute approximate surface area is 188 Å². The zero-order valence-electron chi connectivity index (χ0n) is 19.9. The Balaban J connectivity index is 1.28. The maximum atomic E-state index is 14.3. The molecule has 30 heavy (non-hydrogen) atoms. The molecule has 0 amide bonds. The van der Waals surface area contributed by atoms with Crippen LogP contribution in [0.3, 0.4) is 0 Å². The molecule has 1 aromatic carbocycles. The largest absolute Gasteiger partial charge is 0.207 e. The lowest BCUT2D eigenvalue weighted by molar-refractivity contribution is 0.297. The van der Waals surface area contributed by atoms with Gasteiger partial charge in [0, 0.05) is 8.80 Å². The molecule has 0 atom stereocenters. The van der Waals surface area contributed by atoms with Crippen LogP contribution in [0.15, 0.2) is 18.2 Å². The van der Waals surface area contributed by atoms with Crippen molar-refractivity contribution in [2.24, 2.45) is 11.8 Å². The molecular formula is C28H47FSi. The quantitative estimate of drug-likeness (QED) is 0.242. The number of benzene rings is 1. The van der Waals surface area contributed by atoms with Crippen LogP contribution in [0.5, 0.6) is 0 Å². The van der Waals surface area contributed by atoms with Gasteiger partial charge in [0.15, 0.2) is 0 Å². The zero-order valence-corrected chi connectivity index (χ0v) is 21.1. The van der Waals surface area contributed by atoms with Gasteiger partial charge in [-0.3, -0.25) is 0 Å². The highest BCUT2D eigenvalue weighted by Crippen LogP contribution is 2.38. The van der Waals surface area contributed by atoms with Gasteiger partial charge in [0.1, 0.15) is 5.82 Å². The van der Waals surface area contributed by atoms with Crippen molar-refractivity contribution in [3.05, 3.63) is 35.1 Å². The zero-order chi connectivity index (χ0) is 21.2. The van der Waals surface area contributed by atoms with Crippen molar-refractivity contribution in [3.8, 4) is 0 Å². The molecule has 1 heterocycles. The second-order valence-electron chi connectivity index (χ2n) is 10.6. The van der Waals surface area contributed by atoms with Crippen molar-refractivity contribution < 1.29 is 4.39 Å². The van der Waals surface area contributed by atoms with Gasteiger partial charge in [-0.2, -0.15) is 0 Å². The lowest BCUT2D eigenvalue weighted by Crippen LogP contribution is -2.21. The SMILES string of the molecule is CCCC[Si@H]1CC[C@H](CCCC[C@H]2CC[C@H](c3ccc(CCC)c(F)c3)CC2)CC1. The number of rotatable bonds is 11. The monoisotopic (exact) mass is 430 g/mol. The summed E-state index contributed by atoms with van der Waals surface area (Å²) in [5.41, 5.74) is 2.15. The first-order chi connectivity index (χ1) is 14.7. The first-order valence-electron chi connectivity index (χ1n) is 13.5. The molecule has 0 spiro atoms. The summed E-state index contributed by atoms with van der Waals surface area (Å²) in [6.07, 6.45) is 19.0. The van der Waals surface area contributed by atoms with Crippen LogP contribution >= 0.6 is 0 Å². The molecule has 1 saturated heterocycles. The summed E-state index contributed by atoms with van der Waals surface area (Å²) >= 11 is 0. The van der Waals surface area contributed by atoms with Gasteiger partial charge in [0.05, 0.1) is 0 Å². The Hall–Kier alpha value is -0.633. The van der Waals surface area contributed by atoms with Crippen LogP contribution in [0.2, 0.25) is 18.1 Å². The van der Waals surface area contributed by atoms with E-state index in [1.165, 1.54) is 69.8 Å². The Morgan fingerprint density at radius 2 is 1.50 bits per heavy atom. The Morgan fingerprint density at radius 3 is 2.10 bits per heavy atom. The third-order valence-corrected chi connectivity index (χ3v) is 11.8. The minimum absolute atomic E-state index is 0.0264. The number of hydrogen-bond donors (Lipinski definition) is 0. The van der Waals surface area contributed by atoms with Gasteiger partial charge in [0.25, 0.3) is 0 Å². The molecule has 2 aliphatic rings. The molecule has 0 nitrogen and oxygen atoms in total. The summed E-state index contributed by atoms with van der Waals surface area (Å²) < 4.78 is 14.3. The molecule has 0 radical (unpaired) electrons. The Bertz CT molecular complexity index is 597. The highest BCUT2D eigenvalue weighted by Gasteiger charge is 2.24. The number of unbranched alkanes of at least 4 members (excludes halogenated alkanes) is 2. The molecule has 1 aliphatic heterocycles. The first kappa shape index (κ1) is 24.0. The van der Waals surface area contributed by atoms with E-state index in [1.807, 2.05) is 12.1 Å². The summed E-state index contributed by atoms with van der Waals surface area (Å²) in [5, 5.41) is 0. The predicted molar refractivity (Wildman–Crippen MR) is 133 cm³/mol. The lowest BCUT2D eigenvalue weighted by Gasteiger charge is -2.30. The van der Waals surface area contributed by atoms with Gasteiger partial charge in [0.2, 0.25) is 0 Å². The molecule has 1 saturated carbocycles. The normalized spacial score (nSPS) is 27.3. The van der Waals surface area contributed by atoms with E-state index in [4.69, 9.17) is 0 Å². The first-order valence-corrected chi connectivity index (χ1v) is 15.9. The van der Waals surface area contributed by atoms with Crippen LogP contribution < -0.4 is 0 Å². The second kappa shape index (κ2) is 13.0. The van der Waals surface area contributed by atoms with Gasteiger partial charge >= 0.3 is 0 Å². The van der Waals surface area contributed by atoms with Crippen molar-refractivity contribution in [1.29, 1.82) is 0 Å². The van der Waals surface area contributed by atoms with Crippen molar-refractivity contribution >= 4 is 8.80 Å². The lowest BCUT2D eigenvalue weighted by atomic mass is 9.76. The van der Waals surface area contributed by atoms with E-state index in [0.717, 1.165) is 30.2 Å². The number of aryl methyl sites for hydroxylation is 1. The predicted octanol–water partition coefficient (Wildman–Crippen LogP) is 9.05. The van der Waals surface area contributed by atoms with Crippen molar-refractivity contribution in [2.45, 2.75) is 128 Å². The van der Waals surface area contributed by atoms with Crippen LogP contribution in [0.25, 0.3) is 0 Å². The molecular weight excluding hydrogens is 383 g/mol. The van der Waals surface area contributed by atoms with E-state index in [-0.39, 0.29) is 14.6 Å². The maximum Gasteiger partial charge on any atom is 0.126 e. The Kier molecular flexibility index (Phi) is 10.4. The third kappa shape index (κ3) is 7.50. The number of halogens is 1. The molecule has 1 aliphatic carbocycles. The summed E-state index contributed by atoms with van der Waals surface area (Å²) in [5.74, 6) is 2.62. The van der Waals surface area contributed by atoms with Crippen LogP contribution in [0, 0.1) is 17.7 Å². The van der Waals surface area contributed by atoms with E-state index in [2.05, 4.69) is 19.9 Å². The molecule has 0 unspecified atom stereocenters. The fourth-order valence-corrected chi connectivity index (χ4v) is 9.98. The number of hydrogen-bond acceptors (Lipinski definition) is 0. The average molecular weight is 431 g/mol. The summed E-state index contributed by atoms with van der Waals surface area (Å²) in [6, 6.07) is 11.0. The van der Waals surface area contributed by atoms with Crippen LogP contribution in [-0.4, -0.2) is 8.80 Å². The van der Waals surface area contributed by atoms with Gasteiger partial charge in [-0.1, -0.05) is 102 Å². The average Bonchev–Trinajstić information content (AvgIpc) is 2.78. The molecule has 3 rings (SSSR count). The fraction of sp³-hybridized carbons (Fsp3) is 0.786. The molecule has 2 fully saturated rings. The van der Waals surface area contributed by atoms with Crippen LogP contribution in [0.4, 0.5) is 4.39 Å². The molecule has 2 heteroatoms. The van der Waals surface area contributed by atoms with Crippen LogP contribution in [-0.2, 0) is 6.42 Å². The molecule has 0 N–H and O–H groups in total. The van der Waals surface area contributed by atoms with Gasteiger partial charge in [-0.15, -0.1) is 0 Å². The third-order valence-electron chi connectivity index (χ3n) is 8.32. The summed E-state index contributed by atoms with van der Waals surface area (Å²) in [7, 11) is -0.312. The Morgan fingerprint density at radius 1 is 0.833 bits per heavy atom. The highest BCUT2D eigenvalue weighted by molar-refractivity contribution is 6.58. The van der Waals surface area contributed by atoms with E-state index in [1.54, 1.807) is 31.0 Å². The minimum atomic E-state index is -0.312. The molecule has 1 aromatic rings.